The van der Waals surface area contributed by atoms with Gasteiger partial charge in [-0.25, -0.2) is 9.59 Å². The van der Waals surface area contributed by atoms with Gasteiger partial charge in [-0.2, -0.15) is 0 Å². The maximum atomic E-state index is 11.8. The van der Waals surface area contributed by atoms with Gasteiger partial charge in [-0.05, 0) is 18.9 Å². The molecule has 0 aliphatic heterocycles. The van der Waals surface area contributed by atoms with Gasteiger partial charge in [0, 0.05) is 17.0 Å². The van der Waals surface area contributed by atoms with E-state index in [9.17, 15) is 14.4 Å². The van der Waals surface area contributed by atoms with Crippen molar-refractivity contribution < 1.29 is 24.2 Å². The van der Waals surface area contributed by atoms with Crippen molar-refractivity contribution in [3.05, 3.63) is 28.2 Å². The SMILES string of the molecule is CCc1c(C)sc(NC(=O)C=CC(=O)O)c1C(=O)OC. The number of aliphatic carboxylic acids is 1. The molecule has 1 amide bonds. The fourth-order valence-corrected chi connectivity index (χ4v) is 2.85. The number of carbonyl (C=O) groups is 3. The van der Waals surface area contributed by atoms with Crippen molar-refractivity contribution in [1.29, 1.82) is 0 Å². The number of anilines is 1. The van der Waals surface area contributed by atoms with Gasteiger partial charge in [-0.15, -0.1) is 11.3 Å². The summed E-state index contributed by atoms with van der Waals surface area (Å²) < 4.78 is 4.72. The second kappa shape index (κ2) is 6.85. The van der Waals surface area contributed by atoms with Crippen molar-refractivity contribution in [3.8, 4) is 0 Å². The summed E-state index contributed by atoms with van der Waals surface area (Å²) in [5.74, 6) is -2.35. The largest absolute Gasteiger partial charge is 0.478 e. The molecule has 2 N–H and O–H groups in total. The number of aryl methyl sites for hydroxylation is 1. The van der Waals surface area contributed by atoms with Gasteiger partial charge in [0.15, 0.2) is 0 Å². The highest BCUT2D eigenvalue weighted by Crippen LogP contribution is 2.33. The van der Waals surface area contributed by atoms with Gasteiger partial charge in [0.1, 0.15) is 5.00 Å². The van der Waals surface area contributed by atoms with Crippen LogP contribution in [0.4, 0.5) is 5.00 Å². The van der Waals surface area contributed by atoms with E-state index in [0.29, 0.717) is 17.0 Å². The van der Waals surface area contributed by atoms with Crippen LogP contribution in [0.5, 0.6) is 0 Å². The summed E-state index contributed by atoms with van der Waals surface area (Å²) in [4.78, 5) is 34.6. The van der Waals surface area contributed by atoms with E-state index in [2.05, 4.69) is 5.32 Å². The number of carboxylic acid groups (broad SMARTS) is 1. The minimum atomic E-state index is -1.22. The van der Waals surface area contributed by atoms with Crippen LogP contribution in [0.2, 0.25) is 0 Å². The lowest BCUT2D eigenvalue weighted by Crippen LogP contribution is -2.12. The van der Waals surface area contributed by atoms with Crippen LogP contribution >= 0.6 is 11.3 Å². The van der Waals surface area contributed by atoms with Crippen LogP contribution in [-0.2, 0) is 20.7 Å². The first-order valence-electron chi connectivity index (χ1n) is 5.83. The highest BCUT2D eigenvalue weighted by molar-refractivity contribution is 7.16. The molecule has 0 aliphatic carbocycles. The van der Waals surface area contributed by atoms with Gasteiger partial charge in [0.05, 0.1) is 12.7 Å². The first-order valence-corrected chi connectivity index (χ1v) is 6.64. The van der Waals surface area contributed by atoms with Gasteiger partial charge in [-0.3, -0.25) is 4.79 Å². The van der Waals surface area contributed by atoms with E-state index in [1.165, 1.54) is 18.4 Å². The number of ether oxygens (including phenoxy) is 1. The molecule has 6 nitrogen and oxygen atoms in total. The summed E-state index contributed by atoms with van der Waals surface area (Å²) in [7, 11) is 1.27. The molecule has 0 bridgehead atoms. The summed E-state index contributed by atoms with van der Waals surface area (Å²) in [6.07, 6.45) is 2.26. The summed E-state index contributed by atoms with van der Waals surface area (Å²) in [6.45, 7) is 3.75. The number of nitrogens with one attached hydrogen (secondary N) is 1. The highest BCUT2D eigenvalue weighted by Gasteiger charge is 2.22. The molecule has 0 spiro atoms. The van der Waals surface area contributed by atoms with Crippen LogP contribution < -0.4 is 5.32 Å². The number of carboxylic acids is 1. The number of rotatable bonds is 5. The van der Waals surface area contributed by atoms with E-state index >= 15 is 0 Å². The number of esters is 1. The van der Waals surface area contributed by atoms with Gasteiger partial charge in [-0.1, -0.05) is 6.92 Å². The summed E-state index contributed by atoms with van der Waals surface area (Å²) >= 11 is 1.26. The normalized spacial score (nSPS) is 10.6. The minimum Gasteiger partial charge on any atom is -0.478 e. The molecular formula is C13H15NO5S. The lowest BCUT2D eigenvalue weighted by molar-refractivity contribution is -0.131. The maximum Gasteiger partial charge on any atom is 0.341 e. The average molecular weight is 297 g/mol. The topological polar surface area (TPSA) is 92.7 Å². The monoisotopic (exact) mass is 297 g/mol. The molecule has 0 radical (unpaired) electrons. The molecule has 7 heteroatoms. The quantitative estimate of drug-likeness (QED) is 0.640. The Morgan fingerprint density at radius 3 is 2.50 bits per heavy atom. The van der Waals surface area contributed by atoms with Crippen LogP contribution in [0.25, 0.3) is 0 Å². The summed E-state index contributed by atoms with van der Waals surface area (Å²) in [5, 5.41) is 11.3. The molecule has 20 heavy (non-hydrogen) atoms. The number of methoxy groups -OCH3 is 1. The van der Waals surface area contributed by atoms with Crippen LogP contribution in [0.1, 0.15) is 27.7 Å². The van der Waals surface area contributed by atoms with Crippen molar-refractivity contribution in [2.75, 3.05) is 12.4 Å². The Bertz CT molecular complexity index is 574. The Balaban J connectivity index is 3.09. The third-order valence-corrected chi connectivity index (χ3v) is 3.63. The second-order valence-electron chi connectivity index (χ2n) is 3.85. The Morgan fingerprint density at radius 1 is 1.35 bits per heavy atom. The van der Waals surface area contributed by atoms with Crippen LogP contribution in [0.3, 0.4) is 0 Å². The van der Waals surface area contributed by atoms with E-state index in [0.717, 1.165) is 22.6 Å². The van der Waals surface area contributed by atoms with Gasteiger partial charge in [0.25, 0.3) is 0 Å². The molecule has 0 saturated carbocycles. The van der Waals surface area contributed by atoms with E-state index in [1.54, 1.807) is 0 Å². The molecule has 1 rings (SSSR count). The van der Waals surface area contributed by atoms with Crippen molar-refractivity contribution >= 4 is 34.2 Å². The van der Waals surface area contributed by atoms with Crippen LogP contribution in [0.15, 0.2) is 12.2 Å². The highest BCUT2D eigenvalue weighted by atomic mass is 32.1. The smallest absolute Gasteiger partial charge is 0.341 e. The predicted molar refractivity (Wildman–Crippen MR) is 75.2 cm³/mol. The van der Waals surface area contributed by atoms with E-state index < -0.39 is 17.8 Å². The molecule has 0 aromatic carbocycles. The zero-order chi connectivity index (χ0) is 15.3. The molecule has 108 valence electrons. The molecule has 1 aromatic heterocycles. The molecule has 0 aliphatic rings. The van der Waals surface area contributed by atoms with Crippen molar-refractivity contribution in [2.45, 2.75) is 20.3 Å². The van der Waals surface area contributed by atoms with Crippen molar-refractivity contribution in [2.24, 2.45) is 0 Å². The first kappa shape index (κ1) is 15.9. The van der Waals surface area contributed by atoms with Crippen molar-refractivity contribution in [3.63, 3.8) is 0 Å². The number of hydrogen-bond acceptors (Lipinski definition) is 5. The average Bonchev–Trinajstić information content (AvgIpc) is 2.71. The second-order valence-corrected chi connectivity index (χ2v) is 5.07. The number of amides is 1. The zero-order valence-corrected chi connectivity index (χ0v) is 12.2. The minimum absolute atomic E-state index is 0.328. The number of carbonyl (C=O) groups excluding carboxylic acids is 2. The third-order valence-electron chi connectivity index (χ3n) is 2.57. The lowest BCUT2D eigenvalue weighted by atomic mass is 10.1. The van der Waals surface area contributed by atoms with Crippen molar-refractivity contribution in [1.82, 2.24) is 0 Å². The summed E-state index contributed by atoms with van der Waals surface area (Å²) in [6, 6.07) is 0. The van der Waals surface area contributed by atoms with E-state index in [1.807, 2.05) is 13.8 Å². The number of hydrogen-bond donors (Lipinski definition) is 2. The molecule has 0 fully saturated rings. The van der Waals surface area contributed by atoms with Gasteiger partial charge < -0.3 is 15.2 Å². The van der Waals surface area contributed by atoms with E-state index in [-0.39, 0.29) is 0 Å². The number of thiophene rings is 1. The lowest BCUT2D eigenvalue weighted by Gasteiger charge is -2.05. The Kier molecular flexibility index (Phi) is 5.45. The third kappa shape index (κ3) is 3.67. The molecule has 0 saturated heterocycles. The van der Waals surface area contributed by atoms with Crippen LogP contribution in [-0.4, -0.2) is 30.1 Å². The molecule has 0 atom stereocenters. The van der Waals surface area contributed by atoms with Gasteiger partial charge in [0.2, 0.25) is 5.91 Å². The van der Waals surface area contributed by atoms with Gasteiger partial charge >= 0.3 is 11.9 Å². The van der Waals surface area contributed by atoms with Crippen LogP contribution in [0, 0.1) is 6.92 Å². The zero-order valence-electron chi connectivity index (χ0n) is 11.4. The standard InChI is InChI=1S/C13H15NO5S/c1-4-8-7(2)20-12(11(8)13(18)19-3)14-9(15)5-6-10(16)17/h5-6H,4H2,1-3H3,(H,14,15)(H,16,17). The van der Waals surface area contributed by atoms with E-state index in [4.69, 9.17) is 9.84 Å². The fraction of sp³-hybridized carbons (Fsp3) is 0.308. The molecule has 0 unspecified atom stereocenters. The molecular weight excluding hydrogens is 282 g/mol. The fourth-order valence-electron chi connectivity index (χ4n) is 1.71. The first-order chi connectivity index (χ1) is 9.40. The summed E-state index contributed by atoms with van der Waals surface area (Å²) in [5.41, 5.74) is 1.15. The maximum absolute atomic E-state index is 11.8. The Morgan fingerprint density at radius 2 is 2.00 bits per heavy atom. The Labute approximate surface area is 120 Å². The molecule has 1 aromatic rings. The Hall–Kier alpha value is -2.15. The molecule has 1 heterocycles. The predicted octanol–water partition coefficient (Wildman–Crippen LogP) is 1.98.